The highest BCUT2D eigenvalue weighted by molar-refractivity contribution is 7.80. The van der Waals surface area contributed by atoms with Gasteiger partial charge in [0, 0.05) is 13.0 Å². The molecule has 1 aliphatic heterocycles. The molecule has 1 saturated heterocycles. The van der Waals surface area contributed by atoms with Crippen molar-refractivity contribution >= 4 is 16.4 Å². The van der Waals surface area contributed by atoms with Gasteiger partial charge in [-0.15, -0.1) is 0 Å². The molecule has 0 bridgehead atoms. The first-order chi connectivity index (χ1) is 29.6. The molecule has 0 aromatic rings. The van der Waals surface area contributed by atoms with E-state index in [4.69, 9.17) is 23.5 Å². The number of aliphatic hydroxyl groups is 3. The van der Waals surface area contributed by atoms with E-state index in [1.165, 1.54) is 57.8 Å². The molecule has 0 saturated carbocycles. The van der Waals surface area contributed by atoms with Gasteiger partial charge in [0.1, 0.15) is 30.5 Å². The van der Waals surface area contributed by atoms with Crippen molar-refractivity contribution < 1.29 is 56.2 Å². The predicted octanol–water partition coefficient (Wildman–Crippen LogP) is 10.1. The lowest BCUT2D eigenvalue weighted by atomic mass is 9.99. The Hall–Kier alpha value is -2.20. The van der Waals surface area contributed by atoms with Crippen LogP contribution in [0.25, 0.3) is 0 Å². The van der Waals surface area contributed by atoms with Gasteiger partial charge in [-0.1, -0.05) is 152 Å². The van der Waals surface area contributed by atoms with Gasteiger partial charge in [-0.3, -0.25) is 9.35 Å². The van der Waals surface area contributed by atoms with E-state index in [1.807, 2.05) is 0 Å². The Morgan fingerprint density at radius 1 is 0.623 bits per heavy atom. The molecule has 13 heteroatoms. The van der Waals surface area contributed by atoms with Gasteiger partial charge in [-0.2, -0.15) is 8.42 Å². The van der Waals surface area contributed by atoms with Crippen LogP contribution in [0.3, 0.4) is 0 Å². The van der Waals surface area contributed by atoms with Crippen molar-refractivity contribution in [3.8, 4) is 0 Å². The van der Waals surface area contributed by atoms with E-state index in [0.717, 1.165) is 89.9 Å². The van der Waals surface area contributed by atoms with E-state index < -0.39 is 59.8 Å². The second-order valence-corrected chi connectivity index (χ2v) is 17.0. The number of carbonyl (C=O) groups is 1. The van der Waals surface area contributed by atoms with Gasteiger partial charge in [-0.25, -0.2) is 4.18 Å². The third kappa shape index (κ3) is 33.0. The van der Waals surface area contributed by atoms with Crippen molar-refractivity contribution in [2.45, 2.75) is 211 Å². The van der Waals surface area contributed by atoms with Gasteiger partial charge < -0.3 is 34.3 Å². The molecule has 1 aliphatic rings. The second kappa shape index (κ2) is 39.4. The molecule has 6 unspecified atom stereocenters. The monoisotopic (exact) mass is 885 g/mol. The van der Waals surface area contributed by atoms with Gasteiger partial charge in [0.05, 0.1) is 19.8 Å². The zero-order valence-electron chi connectivity index (χ0n) is 37.7. The number of aliphatic hydroxyl groups excluding tert-OH is 3. The van der Waals surface area contributed by atoms with E-state index in [-0.39, 0.29) is 19.6 Å². The third-order valence-electron chi connectivity index (χ3n) is 10.4. The summed E-state index contributed by atoms with van der Waals surface area (Å²) in [6, 6.07) is 0. The molecule has 0 aliphatic carbocycles. The van der Waals surface area contributed by atoms with Crippen molar-refractivity contribution in [3.05, 3.63) is 60.8 Å². The molecule has 6 atom stereocenters. The number of hydrogen-bond acceptors (Lipinski definition) is 11. The second-order valence-electron chi connectivity index (χ2n) is 16.0. The number of esters is 1. The summed E-state index contributed by atoms with van der Waals surface area (Å²) in [6.45, 7) is 3.87. The van der Waals surface area contributed by atoms with Crippen molar-refractivity contribution in [2.24, 2.45) is 0 Å². The lowest BCUT2D eigenvalue weighted by Crippen LogP contribution is -2.60. The van der Waals surface area contributed by atoms with Crippen LogP contribution in [-0.4, -0.2) is 97.5 Å². The van der Waals surface area contributed by atoms with Gasteiger partial charge in [-0.05, 0) is 77.0 Å². The Morgan fingerprint density at radius 3 is 1.62 bits per heavy atom. The minimum absolute atomic E-state index is 0.0209. The van der Waals surface area contributed by atoms with Gasteiger partial charge in [0.25, 0.3) is 0 Å². The Balaban J connectivity index is 2.42. The minimum Gasteiger partial charge on any atom is -0.457 e. The van der Waals surface area contributed by atoms with Crippen LogP contribution in [0.15, 0.2) is 60.8 Å². The molecule has 12 nitrogen and oxygen atoms in total. The lowest BCUT2D eigenvalue weighted by molar-refractivity contribution is -0.301. The maximum atomic E-state index is 12.8. The smallest absolute Gasteiger partial charge is 0.397 e. The first-order valence-corrected chi connectivity index (χ1v) is 24.9. The number of hydrogen-bond donors (Lipinski definition) is 4. The highest BCUT2D eigenvalue weighted by Gasteiger charge is 2.48. The van der Waals surface area contributed by atoms with E-state index in [1.54, 1.807) is 0 Å². The van der Waals surface area contributed by atoms with E-state index in [2.05, 4.69) is 78.8 Å². The van der Waals surface area contributed by atoms with Crippen LogP contribution < -0.4 is 0 Å². The molecule has 354 valence electrons. The SMILES string of the molecule is CCCC/C=C\C/C=C\CCCCCCCC(=O)OC(COCCCCCCCCC/C=C\C/C=C\C/C=C\CCCCC)COC1OC(CO)C(O)C(OS(=O)(=O)O)C1O. The van der Waals surface area contributed by atoms with Crippen LogP contribution in [0.5, 0.6) is 0 Å². The standard InChI is InChI=1S/C48H84O12S/c1-3-5-7-9-11-13-15-17-19-20-21-22-23-24-26-28-30-32-34-36-38-56-40-42(41-57-48-46(52)47(60-61(53,54)55)45(51)43(39-49)59-48)58-44(50)37-35-33-31-29-27-25-18-16-14-12-10-8-6-4-2/h10-13,16-19,21-22,42-43,45-49,51-52H,3-9,14-15,20,23-41H2,1-2H3,(H,53,54,55)/b12-10-,13-11-,18-16-,19-17-,22-21-. The summed E-state index contributed by atoms with van der Waals surface area (Å²) in [5, 5.41) is 30.7. The predicted molar refractivity (Wildman–Crippen MR) is 243 cm³/mol. The molecule has 1 fully saturated rings. The maximum Gasteiger partial charge on any atom is 0.397 e. The first kappa shape index (κ1) is 56.8. The summed E-state index contributed by atoms with van der Waals surface area (Å²) < 4.78 is 59.1. The van der Waals surface area contributed by atoms with Crippen molar-refractivity contribution in [2.75, 3.05) is 26.4 Å². The summed E-state index contributed by atoms with van der Waals surface area (Å²) in [7, 11) is -5.07. The average Bonchev–Trinajstić information content (AvgIpc) is 3.23. The van der Waals surface area contributed by atoms with Crippen molar-refractivity contribution in [1.29, 1.82) is 0 Å². The number of ether oxygens (including phenoxy) is 4. The molecule has 1 rings (SSSR count). The molecule has 0 aromatic carbocycles. The molecule has 0 radical (unpaired) electrons. The van der Waals surface area contributed by atoms with Gasteiger partial charge >= 0.3 is 16.4 Å². The van der Waals surface area contributed by atoms with Crippen LogP contribution in [0.2, 0.25) is 0 Å². The first-order valence-electron chi connectivity index (χ1n) is 23.5. The molecule has 0 spiro atoms. The van der Waals surface area contributed by atoms with Gasteiger partial charge in [0.15, 0.2) is 6.29 Å². The molecule has 61 heavy (non-hydrogen) atoms. The molecule has 1 heterocycles. The topological polar surface area (TPSA) is 178 Å². The Bertz CT molecular complexity index is 1300. The van der Waals surface area contributed by atoms with Crippen LogP contribution >= 0.6 is 0 Å². The number of rotatable bonds is 40. The summed E-state index contributed by atoms with van der Waals surface area (Å²) in [4.78, 5) is 12.8. The quantitative estimate of drug-likeness (QED) is 0.0198. The van der Waals surface area contributed by atoms with Crippen molar-refractivity contribution in [1.82, 2.24) is 0 Å². The van der Waals surface area contributed by atoms with Gasteiger partial charge in [0.2, 0.25) is 0 Å². The summed E-state index contributed by atoms with van der Waals surface area (Å²) in [5.41, 5.74) is 0. The largest absolute Gasteiger partial charge is 0.457 e. The normalized spacial score (nSPS) is 20.7. The molecule has 0 aromatic heterocycles. The van der Waals surface area contributed by atoms with Crippen molar-refractivity contribution in [3.63, 3.8) is 0 Å². The summed E-state index contributed by atoms with van der Waals surface area (Å²) in [5.74, 6) is -0.419. The molecular formula is C48H84O12S. The fourth-order valence-electron chi connectivity index (χ4n) is 6.75. The molecule has 0 amide bonds. The van der Waals surface area contributed by atoms with Crippen LogP contribution in [-0.2, 0) is 38.3 Å². The number of carbonyl (C=O) groups excluding carboxylic acids is 1. The lowest BCUT2D eigenvalue weighted by Gasteiger charge is -2.41. The fraction of sp³-hybridized carbons (Fsp3) is 0.771. The number of unbranched alkanes of at least 4 members (excludes halogenated alkanes) is 17. The minimum atomic E-state index is -5.07. The zero-order chi connectivity index (χ0) is 44.7. The highest BCUT2D eigenvalue weighted by atomic mass is 32.3. The Kier molecular flexibility index (Phi) is 36.7. The Labute approximate surface area is 369 Å². The Morgan fingerprint density at radius 2 is 1.10 bits per heavy atom. The zero-order valence-corrected chi connectivity index (χ0v) is 38.5. The highest BCUT2D eigenvalue weighted by Crippen LogP contribution is 2.26. The van der Waals surface area contributed by atoms with Crippen LogP contribution in [0.1, 0.15) is 174 Å². The maximum absolute atomic E-state index is 12.8. The molecular weight excluding hydrogens is 801 g/mol. The number of allylic oxidation sites excluding steroid dienone is 10. The fourth-order valence-corrected chi connectivity index (χ4v) is 7.26. The summed E-state index contributed by atoms with van der Waals surface area (Å²) >= 11 is 0. The summed E-state index contributed by atoms with van der Waals surface area (Å²) in [6.07, 6.45) is 39.6. The average molecular weight is 885 g/mol. The third-order valence-corrected chi connectivity index (χ3v) is 10.8. The van der Waals surface area contributed by atoms with E-state index in [0.29, 0.717) is 13.0 Å². The van der Waals surface area contributed by atoms with E-state index in [9.17, 15) is 28.5 Å². The van der Waals surface area contributed by atoms with Crippen LogP contribution in [0.4, 0.5) is 0 Å². The van der Waals surface area contributed by atoms with E-state index >= 15 is 0 Å². The van der Waals surface area contributed by atoms with Crippen LogP contribution in [0, 0.1) is 0 Å². The molecule has 4 N–H and O–H groups in total.